The van der Waals surface area contributed by atoms with Gasteiger partial charge in [0.1, 0.15) is 17.4 Å². The molecule has 0 bridgehead atoms. The molecule has 0 radical (unpaired) electrons. The smallest absolute Gasteiger partial charge is 0.176 e. The van der Waals surface area contributed by atoms with Gasteiger partial charge in [0, 0.05) is 19.2 Å². The summed E-state index contributed by atoms with van der Waals surface area (Å²) in [6, 6.07) is 6.31. The lowest BCUT2D eigenvalue weighted by Crippen LogP contribution is -2.29. The van der Waals surface area contributed by atoms with Crippen molar-refractivity contribution in [2.45, 2.75) is 19.4 Å². The predicted molar refractivity (Wildman–Crippen MR) is 86.4 cm³/mol. The number of rotatable bonds is 4. The summed E-state index contributed by atoms with van der Waals surface area (Å²) in [6.07, 6.45) is 0. The number of nitrogens with zero attached hydrogens (tertiary/aromatic N) is 3. The first-order valence-electron chi connectivity index (χ1n) is 7.68. The van der Waals surface area contributed by atoms with Crippen molar-refractivity contribution in [3.8, 4) is 17.1 Å². The Hall–Kier alpha value is -2.90. The van der Waals surface area contributed by atoms with E-state index in [1.54, 1.807) is 20.9 Å². The zero-order chi connectivity index (χ0) is 19.1. The van der Waals surface area contributed by atoms with Crippen LogP contribution in [0.4, 0.5) is 17.6 Å². The van der Waals surface area contributed by atoms with Gasteiger partial charge in [0.15, 0.2) is 28.9 Å². The normalized spacial score (nSPS) is 11.7. The SMILES string of the molecule is Cn1c(-c2ccc(F)cc2F)nnc1C(C)(C)Oc1ccc(F)c(F)c1. The van der Waals surface area contributed by atoms with Crippen LogP contribution in [-0.2, 0) is 12.6 Å². The van der Waals surface area contributed by atoms with Crippen LogP contribution in [0.25, 0.3) is 11.4 Å². The molecule has 3 rings (SSSR count). The lowest BCUT2D eigenvalue weighted by molar-refractivity contribution is 0.0943. The number of hydrogen-bond donors (Lipinski definition) is 0. The second kappa shape index (κ2) is 6.44. The average Bonchev–Trinajstić information content (AvgIpc) is 2.93. The molecule has 26 heavy (non-hydrogen) atoms. The van der Waals surface area contributed by atoms with Crippen LogP contribution in [0.2, 0.25) is 0 Å². The van der Waals surface area contributed by atoms with E-state index in [1.165, 1.54) is 16.7 Å². The van der Waals surface area contributed by atoms with Crippen molar-refractivity contribution in [1.29, 1.82) is 0 Å². The minimum absolute atomic E-state index is 0.0799. The molecule has 0 atom stereocenters. The zero-order valence-corrected chi connectivity index (χ0v) is 14.2. The summed E-state index contributed by atoms with van der Waals surface area (Å²) in [4.78, 5) is 0. The maximum absolute atomic E-state index is 14.0. The van der Waals surface area contributed by atoms with Gasteiger partial charge in [0.25, 0.3) is 0 Å². The molecule has 0 saturated heterocycles. The van der Waals surface area contributed by atoms with Gasteiger partial charge in [0.05, 0.1) is 5.56 Å². The average molecular weight is 365 g/mol. The fourth-order valence-electron chi connectivity index (χ4n) is 2.64. The molecule has 0 unspecified atom stereocenters. The maximum Gasteiger partial charge on any atom is 0.176 e. The van der Waals surface area contributed by atoms with E-state index in [0.29, 0.717) is 5.82 Å². The van der Waals surface area contributed by atoms with E-state index in [9.17, 15) is 17.6 Å². The molecule has 0 aliphatic heterocycles. The Kier molecular flexibility index (Phi) is 4.43. The third-order valence-corrected chi connectivity index (χ3v) is 3.85. The van der Waals surface area contributed by atoms with Crippen molar-refractivity contribution < 1.29 is 22.3 Å². The van der Waals surface area contributed by atoms with E-state index >= 15 is 0 Å². The van der Waals surface area contributed by atoms with Gasteiger partial charge in [0.2, 0.25) is 0 Å². The van der Waals surface area contributed by atoms with Crippen molar-refractivity contribution in [2.24, 2.45) is 7.05 Å². The van der Waals surface area contributed by atoms with E-state index in [-0.39, 0.29) is 17.1 Å². The van der Waals surface area contributed by atoms with E-state index in [4.69, 9.17) is 4.74 Å². The fraction of sp³-hybridized carbons (Fsp3) is 0.222. The predicted octanol–water partition coefficient (Wildman–Crippen LogP) is 4.35. The first-order chi connectivity index (χ1) is 12.2. The van der Waals surface area contributed by atoms with Gasteiger partial charge in [-0.3, -0.25) is 0 Å². The number of ether oxygens (including phenoxy) is 1. The maximum atomic E-state index is 14.0. The highest BCUT2D eigenvalue weighted by atomic mass is 19.2. The van der Waals surface area contributed by atoms with Crippen molar-refractivity contribution in [3.63, 3.8) is 0 Å². The Morgan fingerprint density at radius 3 is 2.27 bits per heavy atom. The molecule has 2 aromatic carbocycles. The highest BCUT2D eigenvalue weighted by molar-refractivity contribution is 5.56. The fourth-order valence-corrected chi connectivity index (χ4v) is 2.64. The highest BCUT2D eigenvalue weighted by Gasteiger charge is 2.30. The Balaban J connectivity index is 1.96. The monoisotopic (exact) mass is 365 g/mol. The summed E-state index contributed by atoms with van der Waals surface area (Å²) in [5.74, 6) is -2.89. The molecule has 0 spiro atoms. The second-order valence-electron chi connectivity index (χ2n) is 6.22. The third kappa shape index (κ3) is 3.26. The quantitative estimate of drug-likeness (QED) is 0.646. The summed E-state index contributed by atoms with van der Waals surface area (Å²) >= 11 is 0. The van der Waals surface area contributed by atoms with Crippen LogP contribution in [-0.4, -0.2) is 14.8 Å². The Morgan fingerprint density at radius 2 is 1.62 bits per heavy atom. The molecule has 1 aromatic heterocycles. The second-order valence-corrected chi connectivity index (χ2v) is 6.22. The van der Waals surface area contributed by atoms with Crippen LogP contribution >= 0.6 is 0 Å². The van der Waals surface area contributed by atoms with E-state index < -0.39 is 28.9 Å². The molecule has 1 heterocycles. The molecule has 3 aromatic rings. The van der Waals surface area contributed by atoms with Crippen LogP contribution in [0, 0.1) is 23.3 Å². The summed E-state index contributed by atoms with van der Waals surface area (Å²) in [7, 11) is 1.60. The molecular formula is C18H15F4N3O. The Morgan fingerprint density at radius 1 is 0.885 bits per heavy atom. The topological polar surface area (TPSA) is 39.9 Å². The largest absolute Gasteiger partial charge is 0.480 e. The van der Waals surface area contributed by atoms with Gasteiger partial charge in [-0.15, -0.1) is 10.2 Å². The van der Waals surface area contributed by atoms with Gasteiger partial charge in [-0.25, -0.2) is 17.6 Å². The third-order valence-electron chi connectivity index (χ3n) is 3.85. The summed E-state index contributed by atoms with van der Waals surface area (Å²) < 4.78 is 60.8. The van der Waals surface area contributed by atoms with Gasteiger partial charge in [-0.05, 0) is 38.1 Å². The first-order valence-corrected chi connectivity index (χ1v) is 7.68. The summed E-state index contributed by atoms with van der Waals surface area (Å²) in [5.41, 5.74) is -1.00. The lowest BCUT2D eigenvalue weighted by atomic mass is 10.1. The van der Waals surface area contributed by atoms with Crippen molar-refractivity contribution in [2.75, 3.05) is 0 Å². The molecule has 0 N–H and O–H groups in total. The van der Waals surface area contributed by atoms with E-state index in [1.807, 2.05) is 0 Å². The molecule has 0 aliphatic rings. The molecule has 8 heteroatoms. The van der Waals surface area contributed by atoms with Gasteiger partial charge < -0.3 is 9.30 Å². The van der Waals surface area contributed by atoms with Crippen LogP contribution in [0.15, 0.2) is 36.4 Å². The number of halogens is 4. The van der Waals surface area contributed by atoms with Crippen LogP contribution in [0.1, 0.15) is 19.7 Å². The Bertz CT molecular complexity index is 969. The summed E-state index contributed by atoms with van der Waals surface area (Å²) in [5, 5.41) is 7.98. The standard InChI is InChI=1S/C18H15F4N3O/c1-18(2,26-11-5-7-13(20)15(22)9-11)17-24-23-16(25(17)3)12-6-4-10(19)8-14(12)21/h4-9H,1-3H3. The number of benzene rings is 2. The minimum Gasteiger partial charge on any atom is -0.480 e. The zero-order valence-electron chi connectivity index (χ0n) is 14.2. The van der Waals surface area contributed by atoms with Crippen molar-refractivity contribution >= 4 is 0 Å². The van der Waals surface area contributed by atoms with Crippen molar-refractivity contribution in [1.82, 2.24) is 14.8 Å². The van der Waals surface area contributed by atoms with Crippen LogP contribution < -0.4 is 4.74 Å². The number of aromatic nitrogens is 3. The molecule has 0 aliphatic carbocycles. The molecule has 0 fully saturated rings. The Labute approximate surface area is 147 Å². The molecule has 136 valence electrons. The molecule has 0 saturated carbocycles. The molecule has 4 nitrogen and oxygen atoms in total. The van der Waals surface area contributed by atoms with Crippen molar-refractivity contribution in [3.05, 3.63) is 65.5 Å². The van der Waals surface area contributed by atoms with E-state index in [0.717, 1.165) is 24.3 Å². The van der Waals surface area contributed by atoms with Gasteiger partial charge in [-0.2, -0.15) is 0 Å². The van der Waals surface area contributed by atoms with Crippen LogP contribution in [0.5, 0.6) is 5.75 Å². The van der Waals surface area contributed by atoms with Crippen LogP contribution in [0.3, 0.4) is 0 Å². The first kappa shape index (κ1) is 17.9. The van der Waals surface area contributed by atoms with Gasteiger partial charge in [-0.1, -0.05) is 0 Å². The van der Waals surface area contributed by atoms with E-state index in [2.05, 4.69) is 10.2 Å². The lowest BCUT2D eigenvalue weighted by Gasteiger charge is -2.25. The molecular weight excluding hydrogens is 350 g/mol. The number of hydrogen-bond acceptors (Lipinski definition) is 3. The molecule has 0 amide bonds. The van der Waals surface area contributed by atoms with Gasteiger partial charge >= 0.3 is 0 Å². The highest BCUT2D eigenvalue weighted by Crippen LogP contribution is 2.30. The summed E-state index contributed by atoms with van der Waals surface area (Å²) in [6.45, 7) is 3.31. The minimum atomic E-state index is -1.08.